The number of hydrogen-bond donors (Lipinski definition) is 2. The van der Waals surface area contributed by atoms with Crippen molar-refractivity contribution in [3.05, 3.63) is 0 Å². The average molecular weight is 132 g/mol. The Morgan fingerprint density at radius 3 is 2.78 bits per heavy atom. The molecule has 1 aliphatic rings. The Kier molecular flexibility index (Phi) is 2.45. The quantitative estimate of drug-likeness (QED) is 0.508. The molecule has 0 aromatic heterocycles. The van der Waals surface area contributed by atoms with Gasteiger partial charge in [-0.1, -0.05) is 0 Å². The first-order valence-electron chi connectivity index (χ1n) is 3.23. The lowest BCUT2D eigenvalue weighted by Crippen LogP contribution is -2.11. The topological polar surface area (TPSA) is 53.0 Å². The lowest BCUT2D eigenvalue weighted by atomic mass is 10.1. The van der Waals surface area contributed by atoms with Gasteiger partial charge in [0.05, 0.1) is 18.8 Å². The first kappa shape index (κ1) is 6.99. The van der Waals surface area contributed by atoms with Crippen molar-refractivity contribution in [1.29, 1.82) is 0 Å². The number of aliphatic hydroxyl groups excluding tert-OH is 2. The van der Waals surface area contributed by atoms with Crippen LogP contribution in [0.15, 0.2) is 0 Å². The molecule has 2 N–H and O–H groups in total. The molecule has 0 aromatic carbocycles. The first-order chi connectivity index (χ1) is 4.33. The van der Waals surface area contributed by atoms with Crippen LogP contribution in [-0.2, 0) is 4.74 Å². The Morgan fingerprint density at radius 1 is 1.67 bits per heavy atom. The Bertz CT molecular complexity index is 80.4. The Balaban J connectivity index is 1.95. The maximum Gasteiger partial charge on any atom is 0.0834 e. The molecule has 2 atom stereocenters. The third-order valence-corrected chi connectivity index (χ3v) is 1.40. The van der Waals surface area contributed by atoms with E-state index in [9.17, 15) is 0 Å². The zero-order valence-corrected chi connectivity index (χ0v) is 5.29. The van der Waals surface area contributed by atoms with Crippen LogP contribution in [0.2, 0.25) is 0 Å². The van der Waals surface area contributed by atoms with E-state index in [1.165, 1.54) is 0 Å². The molecule has 54 valence electrons. The third kappa shape index (κ3) is 2.79. The summed E-state index contributed by atoms with van der Waals surface area (Å²) in [4.78, 5) is 0. The second-order valence-corrected chi connectivity index (χ2v) is 2.36. The smallest absolute Gasteiger partial charge is 0.0834 e. The number of epoxide rings is 1. The predicted molar refractivity (Wildman–Crippen MR) is 32.1 cm³/mol. The van der Waals surface area contributed by atoms with E-state index in [1.54, 1.807) is 0 Å². The number of rotatable bonds is 4. The molecule has 0 aromatic rings. The molecule has 0 amide bonds. The van der Waals surface area contributed by atoms with Gasteiger partial charge in [-0.3, -0.25) is 0 Å². The van der Waals surface area contributed by atoms with Gasteiger partial charge in [-0.05, 0) is 6.42 Å². The van der Waals surface area contributed by atoms with Crippen LogP contribution in [0, 0.1) is 0 Å². The number of hydrogen-bond acceptors (Lipinski definition) is 3. The summed E-state index contributed by atoms with van der Waals surface area (Å²) >= 11 is 0. The molecule has 9 heavy (non-hydrogen) atoms. The van der Waals surface area contributed by atoms with Crippen LogP contribution in [0.4, 0.5) is 0 Å². The van der Waals surface area contributed by atoms with Crippen molar-refractivity contribution in [2.24, 2.45) is 0 Å². The molecule has 2 unspecified atom stereocenters. The number of ether oxygens (including phenoxy) is 1. The SMILES string of the molecule is OCCC(O)CC1CO1. The highest BCUT2D eigenvalue weighted by Crippen LogP contribution is 2.16. The zero-order chi connectivity index (χ0) is 6.69. The second-order valence-electron chi connectivity index (χ2n) is 2.36. The van der Waals surface area contributed by atoms with Gasteiger partial charge in [-0.15, -0.1) is 0 Å². The normalized spacial score (nSPS) is 28.0. The summed E-state index contributed by atoms with van der Waals surface area (Å²) in [5, 5.41) is 17.4. The fourth-order valence-electron chi connectivity index (χ4n) is 0.774. The molecule has 1 saturated heterocycles. The second kappa shape index (κ2) is 3.15. The van der Waals surface area contributed by atoms with Crippen LogP contribution in [-0.4, -0.2) is 35.6 Å². The monoisotopic (exact) mass is 132 g/mol. The Hall–Kier alpha value is -0.120. The molecule has 3 nitrogen and oxygen atoms in total. The van der Waals surface area contributed by atoms with E-state index in [4.69, 9.17) is 14.9 Å². The van der Waals surface area contributed by atoms with Gasteiger partial charge in [-0.25, -0.2) is 0 Å². The molecule has 0 aliphatic carbocycles. The maximum atomic E-state index is 9.02. The number of aliphatic hydroxyl groups is 2. The van der Waals surface area contributed by atoms with Gasteiger partial charge in [-0.2, -0.15) is 0 Å². The van der Waals surface area contributed by atoms with Crippen LogP contribution in [0.1, 0.15) is 12.8 Å². The van der Waals surface area contributed by atoms with Crippen LogP contribution in [0.3, 0.4) is 0 Å². The van der Waals surface area contributed by atoms with E-state index in [-0.39, 0.29) is 18.8 Å². The highest BCUT2D eigenvalue weighted by molar-refractivity contribution is 4.72. The minimum Gasteiger partial charge on any atom is -0.396 e. The average Bonchev–Trinajstić information content (AvgIpc) is 2.50. The van der Waals surface area contributed by atoms with E-state index in [2.05, 4.69) is 0 Å². The zero-order valence-electron chi connectivity index (χ0n) is 5.29. The summed E-state index contributed by atoms with van der Waals surface area (Å²) in [5.74, 6) is 0. The third-order valence-electron chi connectivity index (χ3n) is 1.40. The molecule has 0 radical (unpaired) electrons. The van der Waals surface area contributed by atoms with Gasteiger partial charge in [0.1, 0.15) is 0 Å². The molecule has 0 spiro atoms. The molecule has 0 saturated carbocycles. The fourth-order valence-corrected chi connectivity index (χ4v) is 0.774. The Morgan fingerprint density at radius 2 is 2.33 bits per heavy atom. The lowest BCUT2D eigenvalue weighted by molar-refractivity contribution is 0.116. The largest absolute Gasteiger partial charge is 0.396 e. The highest BCUT2D eigenvalue weighted by atomic mass is 16.6. The van der Waals surface area contributed by atoms with Gasteiger partial charge in [0.25, 0.3) is 0 Å². The van der Waals surface area contributed by atoms with Crippen molar-refractivity contribution in [2.75, 3.05) is 13.2 Å². The van der Waals surface area contributed by atoms with E-state index < -0.39 is 0 Å². The molecule has 1 aliphatic heterocycles. The van der Waals surface area contributed by atoms with Gasteiger partial charge >= 0.3 is 0 Å². The summed E-state index contributed by atoms with van der Waals surface area (Å²) in [5.41, 5.74) is 0. The van der Waals surface area contributed by atoms with Crippen LogP contribution >= 0.6 is 0 Å². The van der Waals surface area contributed by atoms with Gasteiger partial charge in [0.2, 0.25) is 0 Å². The molecule has 1 fully saturated rings. The van der Waals surface area contributed by atoms with Crippen molar-refractivity contribution >= 4 is 0 Å². The van der Waals surface area contributed by atoms with Crippen molar-refractivity contribution in [3.63, 3.8) is 0 Å². The maximum absolute atomic E-state index is 9.02. The van der Waals surface area contributed by atoms with E-state index in [1.807, 2.05) is 0 Å². The molecule has 3 heteroatoms. The van der Waals surface area contributed by atoms with Crippen molar-refractivity contribution in [1.82, 2.24) is 0 Å². The molecule has 1 rings (SSSR count). The predicted octanol–water partition coefficient (Wildman–Crippen LogP) is -0.481. The van der Waals surface area contributed by atoms with Crippen molar-refractivity contribution < 1.29 is 14.9 Å². The summed E-state index contributed by atoms with van der Waals surface area (Å²) in [7, 11) is 0. The molecule has 1 heterocycles. The minimum atomic E-state index is -0.373. The molecular formula is C6H12O3. The van der Waals surface area contributed by atoms with Crippen LogP contribution in [0.25, 0.3) is 0 Å². The summed E-state index contributed by atoms with van der Waals surface area (Å²) in [6.45, 7) is 0.844. The van der Waals surface area contributed by atoms with Crippen LogP contribution in [0.5, 0.6) is 0 Å². The summed E-state index contributed by atoms with van der Waals surface area (Å²) in [6.07, 6.45) is 1.05. The fraction of sp³-hybridized carbons (Fsp3) is 1.00. The van der Waals surface area contributed by atoms with Gasteiger partial charge in [0.15, 0.2) is 0 Å². The first-order valence-corrected chi connectivity index (χ1v) is 3.23. The molecule has 0 bridgehead atoms. The van der Waals surface area contributed by atoms with Gasteiger partial charge in [0, 0.05) is 13.0 Å². The standard InChI is InChI=1S/C6H12O3/c7-2-1-5(8)3-6-4-9-6/h5-8H,1-4H2. The van der Waals surface area contributed by atoms with Crippen molar-refractivity contribution in [2.45, 2.75) is 25.0 Å². The van der Waals surface area contributed by atoms with E-state index in [0.717, 1.165) is 6.61 Å². The highest BCUT2D eigenvalue weighted by Gasteiger charge is 2.25. The summed E-state index contributed by atoms with van der Waals surface area (Å²) < 4.78 is 4.88. The summed E-state index contributed by atoms with van der Waals surface area (Å²) in [6, 6.07) is 0. The Labute approximate surface area is 54.3 Å². The van der Waals surface area contributed by atoms with E-state index >= 15 is 0 Å². The lowest BCUT2D eigenvalue weighted by Gasteiger charge is -2.04. The molecular weight excluding hydrogens is 120 g/mol. The van der Waals surface area contributed by atoms with Crippen molar-refractivity contribution in [3.8, 4) is 0 Å². The minimum absolute atomic E-state index is 0.0634. The van der Waals surface area contributed by atoms with Crippen LogP contribution < -0.4 is 0 Å². The van der Waals surface area contributed by atoms with E-state index in [0.29, 0.717) is 12.8 Å². The van der Waals surface area contributed by atoms with Gasteiger partial charge < -0.3 is 14.9 Å².